The van der Waals surface area contributed by atoms with Crippen molar-refractivity contribution in [1.29, 1.82) is 0 Å². The Kier molecular flexibility index (Phi) is 5.43. The molecule has 0 aliphatic carbocycles. The number of pyridine rings is 1. The molecule has 0 radical (unpaired) electrons. The van der Waals surface area contributed by atoms with E-state index in [-0.39, 0.29) is 28.5 Å². The molecule has 0 spiro atoms. The summed E-state index contributed by atoms with van der Waals surface area (Å²) in [5, 5.41) is 7.40. The van der Waals surface area contributed by atoms with Gasteiger partial charge in [-0.15, -0.1) is 0 Å². The topological polar surface area (TPSA) is 81.9 Å². The summed E-state index contributed by atoms with van der Waals surface area (Å²) >= 11 is 10.4. The minimum absolute atomic E-state index is 0.0796. The lowest BCUT2D eigenvalue weighted by Crippen LogP contribution is -2.18. The smallest absolute Gasteiger partial charge is 0.387 e. The van der Waals surface area contributed by atoms with Crippen LogP contribution in [-0.2, 0) is 0 Å². The van der Waals surface area contributed by atoms with Gasteiger partial charge in [0.15, 0.2) is 11.6 Å². The van der Waals surface area contributed by atoms with Crippen LogP contribution in [0.5, 0.6) is 5.75 Å². The lowest BCUT2D eigenvalue weighted by Gasteiger charge is -2.09. The molecule has 7 nitrogen and oxygen atoms in total. The molecule has 12 heteroatoms. The Morgan fingerprint density at radius 2 is 2.14 bits per heavy atom. The van der Waals surface area contributed by atoms with Gasteiger partial charge in [0, 0.05) is 12.3 Å². The number of fused-ring (bicyclic) bond motifs is 1. The van der Waals surface area contributed by atoms with Crippen LogP contribution in [0.4, 0.5) is 14.6 Å². The van der Waals surface area contributed by atoms with Gasteiger partial charge in [0.2, 0.25) is 0 Å². The fourth-order valence-electron chi connectivity index (χ4n) is 2.62. The largest absolute Gasteiger partial charge is 0.434 e. The van der Waals surface area contributed by atoms with Crippen LogP contribution in [0.1, 0.15) is 10.5 Å². The molecule has 0 saturated heterocycles. The van der Waals surface area contributed by atoms with Crippen LogP contribution in [0.2, 0.25) is 5.02 Å². The zero-order chi connectivity index (χ0) is 20.5. The van der Waals surface area contributed by atoms with Crippen LogP contribution in [0.3, 0.4) is 0 Å². The van der Waals surface area contributed by atoms with Gasteiger partial charge in [-0.05, 0) is 51.7 Å². The maximum absolute atomic E-state index is 12.9. The Labute approximate surface area is 179 Å². The van der Waals surface area contributed by atoms with Crippen LogP contribution in [0.25, 0.3) is 15.9 Å². The summed E-state index contributed by atoms with van der Waals surface area (Å²) in [6.07, 6.45) is 1.51. The van der Waals surface area contributed by atoms with Gasteiger partial charge in [-0.25, -0.2) is 9.67 Å². The third-order valence-corrected chi connectivity index (χ3v) is 5.25. The lowest BCUT2D eigenvalue weighted by molar-refractivity contribution is -0.0487. The van der Waals surface area contributed by atoms with Gasteiger partial charge >= 0.3 is 6.61 Å². The van der Waals surface area contributed by atoms with Crippen LogP contribution in [0, 0.1) is 0 Å². The van der Waals surface area contributed by atoms with Crippen LogP contribution in [0.15, 0.2) is 47.2 Å². The molecule has 0 aliphatic rings. The predicted octanol–water partition coefficient (Wildman–Crippen LogP) is 5.15. The third kappa shape index (κ3) is 3.93. The van der Waals surface area contributed by atoms with Crippen molar-refractivity contribution in [1.82, 2.24) is 19.1 Å². The molecular formula is C17H9BrClF2N5O2S. The SMILES string of the molecule is O=C(Nc1nsc2cccc(OC(F)F)c12)c1cc(Br)nn1-c1ncccc1Cl. The van der Waals surface area contributed by atoms with E-state index in [1.807, 2.05) is 0 Å². The van der Waals surface area contributed by atoms with Crippen molar-refractivity contribution in [2.24, 2.45) is 0 Å². The first kappa shape index (κ1) is 19.7. The molecule has 4 rings (SSSR count). The number of nitrogens with zero attached hydrogens (tertiary/aromatic N) is 4. The predicted molar refractivity (Wildman–Crippen MR) is 108 cm³/mol. The summed E-state index contributed by atoms with van der Waals surface area (Å²) in [7, 11) is 0. The number of ether oxygens (including phenoxy) is 1. The molecule has 29 heavy (non-hydrogen) atoms. The Bertz CT molecular complexity index is 1220. The van der Waals surface area contributed by atoms with Crippen LogP contribution in [-0.4, -0.2) is 31.7 Å². The second kappa shape index (κ2) is 8.01. The highest BCUT2D eigenvalue weighted by atomic mass is 79.9. The normalized spacial score (nSPS) is 11.2. The van der Waals surface area contributed by atoms with Gasteiger partial charge in [0.1, 0.15) is 16.0 Å². The van der Waals surface area contributed by atoms with E-state index < -0.39 is 12.5 Å². The van der Waals surface area contributed by atoms with E-state index in [0.717, 1.165) is 11.5 Å². The van der Waals surface area contributed by atoms with E-state index in [1.165, 1.54) is 23.0 Å². The molecule has 3 aromatic heterocycles. The molecule has 0 fully saturated rings. The van der Waals surface area contributed by atoms with Crippen molar-refractivity contribution in [3.8, 4) is 11.6 Å². The van der Waals surface area contributed by atoms with E-state index in [9.17, 15) is 13.6 Å². The Morgan fingerprint density at radius 3 is 2.90 bits per heavy atom. The van der Waals surface area contributed by atoms with Crippen LogP contribution < -0.4 is 10.1 Å². The van der Waals surface area contributed by atoms with Crippen molar-refractivity contribution in [3.63, 3.8) is 0 Å². The number of hydrogen-bond donors (Lipinski definition) is 1. The minimum Gasteiger partial charge on any atom is -0.434 e. The second-order valence-corrected chi connectivity index (χ2v) is 7.59. The maximum atomic E-state index is 12.9. The van der Waals surface area contributed by atoms with Gasteiger partial charge in [-0.1, -0.05) is 17.7 Å². The van der Waals surface area contributed by atoms with Crippen molar-refractivity contribution < 1.29 is 18.3 Å². The number of hydrogen-bond acceptors (Lipinski definition) is 6. The maximum Gasteiger partial charge on any atom is 0.387 e. The van der Waals surface area contributed by atoms with E-state index in [0.29, 0.717) is 14.3 Å². The van der Waals surface area contributed by atoms with E-state index in [1.54, 1.807) is 24.3 Å². The molecule has 4 aromatic rings. The lowest BCUT2D eigenvalue weighted by atomic mass is 10.2. The third-order valence-electron chi connectivity index (χ3n) is 3.76. The number of benzene rings is 1. The van der Waals surface area contributed by atoms with Crippen molar-refractivity contribution >= 4 is 60.9 Å². The Balaban J connectivity index is 1.72. The van der Waals surface area contributed by atoms with Gasteiger partial charge in [-0.3, -0.25) is 4.79 Å². The highest BCUT2D eigenvalue weighted by Gasteiger charge is 2.22. The van der Waals surface area contributed by atoms with E-state index in [4.69, 9.17) is 11.6 Å². The highest BCUT2D eigenvalue weighted by molar-refractivity contribution is 9.10. The van der Waals surface area contributed by atoms with Crippen molar-refractivity contribution in [2.45, 2.75) is 6.61 Å². The molecule has 148 valence electrons. The summed E-state index contributed by atoms with van der Waals surface area (Å²) < 4.78 is 36.4. The molecule has 3 heterocycles. The summed E-state index contributed by atoms with van der Waals surface area (Å²) in [6.45, 7) is -3.01. The number of carbonyl (C=O) groups is 1. The van der Waals surface area contributed by atoms with E-state index >= 15 is 0 Å². The molecule has 1 N–H and O–H groups in total. The van der Waals surface area contributed by atoms with Gasteiger partial charge in [0.25, 0.3) is 5.91 Å². The average Bonchev–Trinajstić information content (AvgIpc) is 3.26. The van der Waals surface area contributed by atoms with Gasteiger partial charge < -0.3 is 10.1 Å². The molecule has 0 atom stereocenters. The summed E-state index contributed by atoms with van der Waals surface area (Å²) in [6, 6.07) is 9.38. The van der Waals surface area contributed by atoms with Gasteiger partial charge in [-0.2, -0.15) is 18.3 Å². The van der Waals surface area contributed by atoms with Gasteiger partial charge in [0.05, 0.1) is 15.1 Å². The number of aromatic nitrogens is 4. The number of halogens is 4. The summed E-state index contributed by atoms with van der Waals surface area (Å²) in [4.78, 5) is 17.1. The van der Waals surface area contributed by atoms with Crippen molar-refractivity contribution in [3.05, 3.63) is 57.9 Å². The molecule has 0 saturated carbocycles. The summed E-state index contributed by atoms with van der Waals surface area (Å²) in [5.41, 5.74) is 0.117. The molecule has 1 aromatic carbocycles. The quantitative estimate of drug-likeness (QED) is 0.410. The Morgan fingerprint density at radius 1 is 1.31 bits per heavy atom. The first-order valence-electron chi connectivity index (χ1n) is 7.95. The molecule has 0 bridgehead atoms. The molecular weight excluding hydrogens is 492 g/mol. The van der Waals surface area contributed by atoms with Crippen LogP contribution >= 0.6 is 39.1 Å². The number of rotatable bonds is 5. The fraction of sp³-hybridized carbons (Fsp3) is 0.0588. The van der Waals surface area contributed by atoms with Crippen molar-refractivity contribution in [2.75, 3.05) is 5.32 Å². The average molecular weight is 501 g/mol. The Hall–Kier alpha value is -2.63. The number of anilines is 1. The van der Waals surface area contributed by atoms with E-state index in [2.05, 4.69) is 40.4 Å². The standard InChI is InChI=1S/C17H9BrClF2N5O2S/c18-12-7-9(26(24-12)15-8(19)3-2-6-22-15)16(27)23-14-13-10(28-17(20)21)4-1-5-11(13)29-25-14/h1-7,17H,(H,23,25,27). The highest BCUT2D eigenvalue weighted by Crippen LogP contribution is 2.36. The number of nitrogens with one attached hydrogen (secondary N) is 1. The first-order valence-corrected chi connectivity index (χ1v) is 9.89. The first-order chi connectivity index (χ1) is 13.9. The number of carbonyl (C=O) groups excluding carboxylic acids is 1. The zero-order valence-electron chi connectivity index (χ0n) is 14.1. The number of amides is 1. The fourth-order valence-corrected chi connectivity index (χ4v) is 3.95. The summed E-state index contributed by atoms with van der Waals surface area (Å²) in [5.74, 6) is -0.301. The molecule has 0 unspecified atom stereocenters. The second-order valence-electron chi connectivity index (χ2n) is 5.57. The minimum atomic E-state index is -3.01. The number of alkyl halides is 2. The molecule has 0 aliphatic heterocycles. The zero-order valence-corrected chi connectivity index (χ0v) is 17.3. The molecule has 1 amide bonds. The monoisotopic (exact) mass is 499 g/mol.